The quantitative estimate of drug-likeness (QED) is 0.681. The van der Waals surface area contributed by atoms with Gasteiger partial charge in [-0.15, -0.1) is 0 Å². The topological polar surface area (TPSA) is 43.8 Å². The van der Waals surface area contributed by atoms with Crippen molar-refractivity contribution in [3.05, 3.63) is 18.0 Å². The Morgan fingerprint density at radius 2 is 2.45 bits per heavy atom. The van der Waals surface area contributed by atoms with Gasteiger partial charge < -0.3 is 5.73 Å². The third kappa shape index (κ3) is 1.05. The van der Waals surface area contributed by atoms with Crippen molar-refractivity contribution in [3.8, 4) is 0 Å². The second kappa shape index (κ2) is 2.08. The van der Waals surface area contributed by atoms with Crippen molar-refractivity contribution in [2.75, 3.05) is 0 Å². The summed E-state index contributed by atoms with van der Waals surface area (Å²) in [6.45, 7) is 3.00. The van der Waals surface area contributed by atoms with E-state index in [1.54, 1.807) is 0 Å². The molecule has 1 heterocycles. The predicted octanol–water partition coefficient (Wildman–Crippen LogP) is 0.851. The van der Waals surface area contributed by atoms with Gasteiger partial charge in [0.05, 0.1) is 11.2 Å². The second-order valence-corrected chi connectivity index (χ2v) is 3.21. The second-order valence-electron chi connectivity index (χ2n) is 3.21. The Bertz CT molecular complexity index is 260. The van der Waals surface area contributed by atoms with Crippen LogP contribution in [0.2, 0.25) is 0 Å². The molecule has 1 saturated carbocycles. The number of nitrogens with zero attached hydrogens (tertiary/aromatic N) is 2. The van der Waals surface area contributed by atoms with Gasteiger partial charge in [-0.3, -0.25) is 4.68 Å². The third-order valence-corrected chi connectivity index (χ3v) is 2.26. The third-order valence-electron chi connectivity index (χ3n) is 2.26. The summed E-state index contributed by atoms with van der Waals surface area (Å²) in [7, 11) is 0. The maximum absolute atomic E-state index is 5.96. The maximum atomic E-state index is 5.96. The minimum atomic E-state index is -0.0690. The monoisotopic (exact) mass is 151 g/mol. The van der Waals surface area contributed by atoms with Gasteiger partial charge in [0, 0.05) is 12.7 Å². The fraction of sp³-hybridized carbons (Fsp3) is 0.625. The molecule has 0 radical (unpaired) electrons. The van der Waals surface area contributed by atoms with Crippen molar-refractivity contribution in [2.24, 2.45) is 5.73 Å². The highest BCUT2D eigenvalue weighted by molar-refractivity contribution is 5.20. The van der Waals surface area contributed by atoms with E-state index in [9.17, 15) is 0 Å². The molecule has 0 spiro atoms. The molecule has 0 amide bonds. The fourth-order valence-corrected chi connectivity index (χ4v) is 1.19. The molecule has 2 rings (SSSR count). The minimum absolute atomic E-state index is 0.0690. The molecule has 1 aromatic heterocycles. The van der Waals surface area contributed by atoms with E-state index in [-0.39, 0.29) is 5.54 Å². The fourth-order valence-electron chi connectivity index (χ4n) is 1.19. The maximum Gasteiger partial charge on any atom is 0.0823 e. The van der Waals surface area contributed by atoms with Crippen LogP contribution < -0.4 is 5.73 Å². The first-order chi connectivity index (χ1) is 5.24. The van der Waals surface area contributed by atoms with Crippen molar-refractivity contribution < 1.29 is 0 Å². The molecule has 0 unspecified atom stereocenters. The molecular weight excluding hydrogens is 138 g/mol. The van der Waals surface area contributed by atoms with Crippen molar-refractivity contribution >= 4 is 0 Å². The molecule has 1 aliphatic carbocycles. The van der Waals surface area contributed by atoms with Gasteiger partial charge in [0.15, 0.2) is 0 Å². The van der Waals surface area contributed by atoms with Gasteiger partial charge in [0.2, 0.25) is 0 Å². The molecule has 0 aliphatic heterocycles. The van der Waals surface area contributed by atoms with Crippen LogP contribution in [-0.2, 0) is 12.1 Å². The summed E-state index contributed by atoms with van der Waals surface area (Å²) in [5.41, 5.74) is 6.95. The van der Waals surface area contributed by atoms with Crippen LogP contribution in [0.1, 0.15) is 25.5 Å². The van der Waals surface area contributed by atoms with Gasteiger partial charge in [-0.25, -0.2) is 0 Å². The molecule has 2 N–H and O–H groups in total. The average molecular weight is 151 g/mol. The highest BCUT2D eigenvalue weighted by Crippen LogP contribution is 2.41. The van der Waals surface area contributed by atoms with E-state index < -0.39 is 0 Å². The van der Waals surface area contributed by atoms with Gasteiger partial charge in [0.25, 0.3) is 0 Å². The number of hydrogen-bond acceptors (Lipinski definition) is 2. The van der Waals surface area contributed by atoms with E-state index >= 15 is 0 Å². The zero-order chi connectivity index (χ0) is 7.90. The lowest BCUT2D eigenvalue weighted by Crippen LogP contribution is -2.19. The summed E-state index contributed by atoms with van der Waals surface area (Å²) in [4.78, 5) is 0. The molecule has 1 aromatic rings. The van der Waals surface area contributed by atoms with Crippen LogP contribution in [0.4, 0.5) is 0 Å². The van der Waals surface area contributed by atoms with Crippen LogP contribution >= 0.6 is 0 Å². The Hall–Kier alpha value is -0.830. The Labute approximate surface area is 66.2 Å². The molecule has 3 nitrogen and oxygen atoms in total. The largest absolute Gasteiger partial charge is 0.320 e. The lowest BCUT2D eigenvalue weighted by atomic mass is 10.2. The van der Waals surface area contributed by atoms with E-state index in [2.05, 4.69) is 12.0 Å². The van der Waals surface area contributed by atoms with Gasteiger partial charge in [-0.05, 0) is 25.8 Å². The molecule has 11 heavy (non-hydrogen) atoms. The zero-order valence-electron chi connectivity index (χ0n) is 6.75. The molecule has 60 valence electrons. The number of aromatic nitrogens is 2. The standard InChI is InChI=1S/C8H13N3/c1-2-11-6-3-7(10-11)8(9)4-5-8/h3,6H,2,4-5,9H2,1H3. The molecule has 0 saturated heterocycles. The zero-order valence-corrected chi connectivity index (χ0v) is 6.75. The molecule has 0 bridgehead atoms. The van der Waals surface area contributed by atoms with Crippen LogP contribution in [0, 0.1) is 0 Å². The number of hydrogen-bond donors (Lipinski definition) is 1. The Morgan fingerprint density at radius 3 is 2.91 bits per heavy atom. The number of rotatable bonds is 2. The summed E-state index contributed by atoms with van der Waals surface area (Å²) < 4.78 is 1.92. The highest BCUT2D eigenvalue weighted by Gasteiger charge is 2.42. The van der Waals surface area contributed by atoms with Crippen LogP contribution in [0.25, 0.3) is 0 Å². The van der Waals surface area contributed by atoms with Crippen LogP contribution in [0.15, 0.2) is 12.3 Å². The summed E-state index contributed by atoms with van der Waals surface area (Å²) in [6.07, 6.45) is 4.17. The van der Waals surface area contributed by atoms with Crippen LogP contribution in [0.3, 0.4) is 0 Å². The smallest absolute Gasteiger partial charge is 0.0823 e. The van der Waals surface area contributed by atoms with Crippen molar-refractivity contribution in [3.63, 3.8) is 0 Å². The molecule has 1 fully saturated rings. The van der Waals surface area contributed by atoms with E-state index in [0.29, 0.717) is 0 Å². The first kappa shape index (κ1) is 6.85. The van der Waals surface area contributed by atoms with Crippen molar-refractivity contribution in [1.82, 2.24) is 9.78 Å². The minimum Gasteiger partial charge on any atom is -0.320 e. The number of nitrogens with two attached hydrogens (primary N) is 1. The number of aryl methyl sites for hydroxylation is 1. The summed E-state index contributed by atoms with van der Waals surface area (Å²) in [5.74, 6) is 0. The molecule has 1 aliphatic rings. The lowest BCUT2D eigenvalue weighted by Gasteiger charge is -2.02. The SMILES string of the molecule is CCn1ccc(C2(N)CC2)n1. The van der Waals surface area contributed by atoms with Crippen molar-refractivity contribution in [2.45, 2.75) is 31.8 Å². The summed E-state index contributed by atoms with van der Waals surface area (Å²) in [5, 5.41) is 4.35. The first-order valence-corrected chi connectivity index (χ1v) is 4.07. The summed E-state index contributed by atoms with van der Waals surface area (Å²) in [6, 6.07) is 2.02. The lowest BCUT2D eigenvalue weighted by molar-refractivity contribution is 0.613. The Kier molecular flexibility index (Phi) is 1.29. The predicted molar refractivity (Wildman–Crippen MR) is 43.0 cm³/mol. The van der Waals surface area contributed by atoms with Gasteiger partial charge in [-0.2, -0.15) is 5.10 Å². The normalized spacial score (nSPS) is 20.2. The van der Waals surface area contributed by atoms with E-state index in [1.807, 2.05) is 16.9 Å². The van der Waals surface area contributed by atoms with E-state index in [0.717, 1.165) is 25.1 Å². The van der Waals surface area contributed by atoms with E-state index in [4.69, 9.17) is 5.73 Å². The van der Waals surface area contributed by atoms with Gasteiger partial charge in [0.1, 0.15) is 0 Å². The average Bonchev–Trinajstić information content (AvgIpc) is 2.61. The molecule has 0 aromatic carbocycles. The van der Waals surface area contributed by atoms with Crippen molar-refractivity contribution in [1.29, 1.82) is 0 Å². The molecule has 3 heteroatoms. The Morgan fingerprint density at radius 1 is 1.73 bits per heavy atom. The van der Waals surface area contributed by atoms with E-state index in [1.165, 1.54) is 0 Å². The first-order valence-electron chi connectivity index (χ1n) is 4.07. The van der Waals surface area contributed by atoms with Gasteiger partial charge in [-0.1, -0.05) is 0 Å². The Balaban J connectivity index is 2.25. The molecule has 0 atom stereocenters. The van der Waals surface area contributed by atoms with Crippen LogP contribution in [0.5, 0.6) is 0 Å². The van der Waals surface area contributed by atoms with Crippen LogP contribution in [-0.4, -0.2) is 9.78 Å². The highest BCUT2D eigenvalue weighted by atomic mass is 15.3. The van der Waals surface area contributed by atoms with Gasteiger partial charge >= 0.3 is 0 Å². The summed E-state index contributed by atoms with van der Waals surface area (Å²) >= 11 is 0. The molecular formula is C8H13N3.